The van der Waals surface area contributed by atoms with E-state index in [1.54, 1.807) is 18.3 Å². The topological polar surface area (TPSA) is 67.4 Å². The molecule has 1 amide bonds. The van der Waals surface area contributed by atoms with Crippen LogP contribution in [-0.2, 0) is 0 Å². The number of anilines is 2. The molecule has 0 bridgehead atoms. The summed E-state index contributed by atoms with van der Waals surface area (Å²) >= 11 is 0. The second-order valence-corrected chi connectivity index (χ2v) is 5.78. The second-order valence-electron chi connectivity index (χ2n) is 5.78. The van der Waals surface area contributed by atoms with E-state index in [4.69, 9.17) is 4.74 Å². The summed E-state index contributed by atoms with van der Waals surface area (Å²) in [5, 5.41) is 2.88. The second kappa shape index (κ2) is 8.80. The summed E-state index contributed by atoms with van der Waals surface area (Å²) in [7, 11) is 0. The highest BCUT2D eigenvalue weighted by atomic mass is 16.5. The van der Waals surface area contributed by atoms with E-state index in [0.29, 0.717) is 28.8 Å². The number of ether oxygens (including phenoxy) is 1. The molecular weight excluding hydrogens is 340 g/mol. The van der Waals surface area contributed by atoms with Crippen LogP contribution in [0.2, 0.25) is 0 Å². The molecule has 0 fully saturated rings. The first kappa shape index (κ1) is 18.4. The van der Waals surface area contributed by atoms with Crippen LogP contribution in [0.4, 0.5) is 11.6 Å². The molecule has 1 N–H and O–H groups in total. The van der Waals surface area contributed by atoms with Gasteiger partial charge in [-0.1, -0.05) is 30.3 Å². The zero-order valence-corrected chi connectivity index (χ0v) is 15.4. The summed E-state index contributed by atoms with van der Waals surface area (Å²) in [6, 6.07) is 18.3. The summed E-state index contributed by atoms with van der Waals surface area (Å²) < 4.78 is 5.89. The third kappa shape index (κ3) is 4.61. The van der Waals surface area contributed by atoms with Gasteiger partial charge in [-0.2, -0.15) is 0 Å². The van der Waals surface area contributed by atoms with Gasteiger partial charge in [0.25, 0.3) is 5.91 Å². The first-order valence-corrected chi connectivity index (χ1v) is 8.92. The van der Waals surface area contributed by atoms with Crippen molar-refractivity contribution < 1.29 is 9.53 Å². The van der Waals surface area contributed by atoms with Crippen molar-refractivity contribution in [2.24, 2.45) is 0 Å². The Bertz CT molecular complexity index is 895. The number of nitrogens with one attached hydrogen (secondary N) is 1. The Morgan fingerprint density at radius 1 is 1.00 bits per heavy atom. The maximum absolute atomic E-state index is 12.7. The van der Waals surface area contributed by atoms with Gasteiger partial charge in [-0.05, 0) is 44.2 Å². The van der Waals surface area contributed by atoms with Gasteiger partial charge < -0.3 is 15.0 Å². The molecule has 2 aromatic carbocycles. The zero-order valence-electron chi connectivity index (χ0n) is 15.4. The fourth-order valence-corrected chi connectivity index (χ4v) is 2.59. The molecule has 138 valence electrons. The summed E-state index contributed by atoms with van der Waals surface area (Å²) in [5.74, 6) is 1.50. The van der Waals surface area contributed by atoms with Crippen molar-refractivity contribution in [3.63, 3.8) is 0 Å². The van der Waals surface area contributed by atoms with E-state index in [-0.39, 0.29) is 5.91 Å². The van der Waals surface area contributed by atoms with Gasteiger partial charge in [0, 0.05) is 19.3 Å². The summed E-state index contributed by atoms with van der Waals surface area (Å²) in [6.07, 6.45) is 1.60. The number of carbonyl (C=O) groups is 1. The molecule has 0 atom stereocenters. The molecule has 3 rings (SSSR count). The normalized spacial score (nSPS) is 10.3. The minimum absolute atomic E-state index is 0.307. The quantitative estimate of drug-likeness (QED) is 0.676. The summed E-state index contributed by atoms with van der Waals surface area (Å²) in [5.41, 5.74) is 0.885. The Balaban J connectivity index is 1.80. The van der Waals surface area contributed by atoms with Crippen LogP contribution in [-0.4, -0.2) is 29.0 Å². The lowest BCUT2D eigenvalue weighted by Crippen LogP contribution is -2.25. The summed E-state index contributed by atoms with van der Waals surface area (Å²) in [6.45, 7) is 5.60. The SMILES string of the molecule is CCN(CC)c1nccc(C(=O)Nc2ccccc2Oc2ccccc2)n1. The third-order valence-electron chi connectivity index (χ3n) is 4.03. The average Bonchev–Trinajstić information content (AvgIpc) is 2.71. The van der Waals surface area contributed by atoms with Gasteiger partial charge in [-0.3, -0.25) is 4.79 Å². The molecule has 6 heteroatoms. The van der Waals surface area contributed by atoms with E-state index in [1.165, 1.54) is 0 Å². The first-order chi connectivity index (χ1) is 13.2. The number of hydrogen-bond acceptors (Lipinski definition) is 5. The fourth-order valence-electron chi connectivity index (χ4n) is 2.59. The molecule has 0 aliphatic heterocycles. The molecule has 0 saturated carbocycles. The number of amides is 1. The molecular formula is C21H22N4O2. The van der Waals surface area contributed by atoms with Gasteiger partial charge in [0.15, 0.2) is 5.75 Å². The minimum atomic E-state index is -0.310. The first-order valence-electron chi connectivity index (χ1n) is 8.92. The van der Waals surface area contributed by atoms with Gasteiger partial charge in [0.2, 0.25) is 5.95 Å². The van der Waals surface area contributed by atoms with Gasteiger partial charge in [-0.25, -0.2) is 9.97 Å². The number of rotatable bonds is 7. The van der Waals surface area contributed by atoms with E-state index >= 15 is 0 Å². The average molecular weight is 362 g/mol. The number of para-hydroxylation sites is 3. The van der Waals surface area contributed by atoms with Crippen molar-refractivity contribution in [3.8, 4) is 11.5 Å². The Morgan fingerprint density at radius 2 is 1.70 bits per heavy atom. The lowest BCUT2D eigenvalue weighted by Gasteiger charge is -2.18. The van der Waals surface area contributed by atoms with E-state index < -0.39 is 0 Å². The molecule has 0 radical (unpaired) electrons. The molecule has 0 saturated heterocycles. The van der Waals surface area contributed by atoms with Crippen LogP contribution in [0.1, 0.15) is 24.3 Å². The Kier molecular flexibility index (Phi) is 5.99. The Morgan fingerprint density at radius 3 is 2.44 bits per heavy atom. The minimum Gasteiger partial charge on any atom is -0.455 e. The maximum atomic E-state index is 12.7. The number of nitrogens with zero attached hydrogens (tertiary/aromatic N) is 3. The number of hydrogen-bond donors (Lipinski definition) is 1. The number of benzene rings is 2. The molecule has 6 nitrogen and oxygen atoms in total. The third-order valence-corrected chi connectivity index (χ3v) is 4.03. The van der Waals surface area contributed by atoms with Crippen molar-refractivity contribution >= 4 is 17.5 Å². The number of aromatic nitrogens is 2. The lowest BCUT2D eigenvalue weighted by molar-refractivity contribution is 0.102. The standard InChI is InChI=1S/C21H22N4O2/c1-3-25(4-2)21-22-15-14-18(24-21)20(26)23-17-12-8-9-13-19(17)27-16-10-6-5-7-11-16/h5-15H,3-4H2,1-2H3,(H,23,26). The van der Waals surface area contributed by atoms with Crippen LogP contribution in [0, 0.1) is 0 Å². The van der Waals surface area contributed by atoms with Gasteiger partial charge in [0.05, 0.1) is 5.69 Å². The molecule has 27 heavy (non-hydrogen) atoms. The highest BCUT2D eigenvalue weighted by Crippen LogP contribution is 2.29. The molecule has 0 spiro atoms. The highest BCUT2D eigenvalue weighted by molar-refractivity contribution is 6.03. The smallest absolute Gasteiger partial charge is 0.274 e. The van der Waals surface area contributed by atoms with Crippen molar-refractivity contribution in [3.05, 3.63) is 72.6 Å². The Hall–Kier alpha value is -3.41. The van der Waals surface area contributed by atoms with Crippen LogP contribution >= 0.6 is 0 Å². The fraction of sp³-hybridized carbons (Fsp3) is 0.190. The molecule has 1 heterocycles. The molecule has 1 aromatic heterocycles. The molecule has 0 aliphatic rings. The predicted molar refractivity (Wildman–Crippen MR) is 107 cm³/mol. The number of carbonyl (C=O) groups excluding carboxylic acids is 1. The lowest BCUT2D eigenvalue weighted by atomic mass is 10.2. The van der Waals surface area contributed by atoms with E-state index in [0.717, 1.165) is 13.1 Å². The van der Waals surface area contributed by atoms with Crippen molar-refractivity contribution in [2.45, 2.75) is 13.8 Å². The zero-order chi connectivity index (χ0) is 19.1. The van der Waals surface area contributed by atoms with E-state index in [9.17, 15) is 4.79 Å². The predicted octanol–water partition coefficient (Wildman–Crippen LogP) is 4.37. The van der Waals surface area contributed by atoms with E-state index in [2.05, 4.69) is 15.3 Å². The van der Waals surface area contributed by atoms with Gasteiger partial charge >= 0.3 is 0 Å². The molecule has 0 aliphatic carbocycles. The molecule has 0 unspecified atom stereocenters. The van der Waals surface area contributed by atoms with Crippen LogP contribution in [0.3, 0.4) is 0 Å². The van der Waals surface area contributed by atoms with Crippen LogP contribution < -0.4 is 15.0 Å². The largest absolute Gasteiger partial charge is 0.455 e. The van der Waals surface area contributed by atoms with Gasteiger partial charge in [0.1, 0.15) is 11.4 Å². The Labute approximate surface area is 158 Å². The van der Waals surface area contributed by atoms with Crippen LogP contribution in [0.25, 0.3) is 0 Å². The highest BCUT2D eigenvalue weighted by Gasteiger charge is 2.14. The van der Waals surface area contributed by atoms with Crippen molar-refractivity contribution in [1.29, 1.82) is 0 Å². The maximum Gasteiger partial charge on any atom is 0.274 e. The monoisotopic (exact) mass is 362 g/mol. The van der Waals surface area contributed by atoms with Crippen LogP contribution in [0.5, 0.6) is 11.5 Å². The van der Waals surface area contributed by atoms with Gasteiger partial charge in [-0.15, -0.1) is 0 Å². The van der Waals surface area contributed by atoms with E-state index in [1.807, 2.05) is 67.3 Å². The van der Waals surface area contributed by atoms with Crippen LogP contribution in [0.15, 0.2) is 66.9 Å². The summed E-state index contributed by atoms with van der Waals surface area (Å²) in [4.78, 5) is 23.3. The molecule has 3 aromatic rings. The van der Waals surface area contributed by atoms with Crippen molar-refractivity contribution in [2.75, 3.05) is 23.3 Å². The van der Waals surface area contributed by atoms with Crippen molar-refractivity contribution in [1.82, 2.24) is 9.97 Å².